The Bertz CT molecular complexity index is 582. The molecule has 0 aliphatic heterocycles. The van der Waals surface area contributed by atoms with Gasteiger partial charge in [0.15, 0.2) is 0 Å². The first-order valence-corrected chi connectivity index (χ1v) is 7.20. The Labute approximate surface area is 127 Å². The van der Waals surface area contributed by atoms with E-state index in [9.17, 15) is 0 Å². The second kappa shape index (κ2) is 6.39. The number of nitrogens with zero attached hydrogens (tertiary/aromatic N) is 2. The highest BCUT2D eigenvalue weighted by Crippen LogP contribution is 2.30. The minimum atomic E-state index is -0.123. The zero-order chi connectivity index (χ0) is 14.7. The quantitative estimate of drug-likeness (QED) is 0.649. The number of hydrazine groups is 1. The average Bonchev–Trinajstić information content (AvgIpc) is 2.89. The van der Waals surface area contributed by atoms with Crippen LogP contribution in [0.5, 0.6) is 5.75 Å². The van der Waals surface area contributed by atoms with Gasteiger partial charge in [-0.3, -0.25) is 10.5 Å². The summed E-state index contributed by atoms with van der Waals surface area (Å²) in [4.78, 5) is 0. The van der Waals surface area contributed by atoms with Gasteiger partial charge in [0.05, 0.1) is 23.3 Å². The van der Waals surface area contributed by atoms with Crippen molar-refractivity contribution in [2.45, 2.75) is 25.9 Å². The molecule has 6 heteroatoms. The predicted molar refractivity (Wildman–Crippen MR) is 82.5 cm³/mol. The number of hydrogen-bond donors (Lipinski definition) is 2. The summed E-state index contributed by atoms with van der Waals surface area (Å²) < 4.78 is 8.11. The molecule has 0 amide bonds. The van der Waals surface area contributed by atoms with Gasteiger partial charge in [-0.25, -0.2) is 5.43 Å². The zero-order valence-electron chi connectivity index (χ0n) is 11.8. The van der Waals surface area contributed by atoms with E-state index >= 15 is 0 Å². The number of hydrogen-bond acceptors (Lipinski definition) is 4. The lowest BCUT2D eigenvalue weighted by molar-refractivity contribution is 0.411. The molecule has 0 saturated heterocycles. The highest BCUT2D eigenvalue weighted by atomic mass is 79.9. The van der Waals surface area contributed by atoms with Crippen LogP contribution in [0.15, 0.2) is 34.9 Å². The third-order valence-corrected chi connectivity index (χ3v) is 3.78. The van der Waals surface area contributed by atoms with Gasteiger partial charge >= 0.3 is 0 Å². The first kappa shape index (κ1) is 15.0. The Morgan fingerprint density at radius 1 is 1.35 bits per heavy atom. The number of rotatable bonds is 5. The van der Waals surface area contributed by atoms with E-state index in [1.165, 1.54) is 0 Å². The molecule has 0 bridgehead atoms. The Hall–Kier alpha value is -1.37. The molecule has 0 radical (unpaired) electrons. The van der Waals surface area contributed by atoms with Crippen LogP contribution in [-0.4, -0.2) is 16.9 Å². The van der Waals surface area contributed by atoms with E-state index in [4.69, 9.17) is 10.6 Å². The molecule has 1 aromatic heterocycles. The number of methoxy groups -OCH3 is 1. The zero-order valence-corrected chi connectivity index (χ0v) is 13.4. The van der Waals surface area contributed by atoms with Crippen LogP contribution in [0.1, 0.15) is 37.2 Å². The monoisotopic (exact) mass is 338 g/mol. The van der Waals surface area contributed by atoms with Gasteiger partial charge in [0.25, 0.3) is 0 Å². The van der Waals surface area contributed by atoms with E-state index in [-0.39, 0.29) is 12.1 Å². The maximum Gasteiger partial charge on any atom is 0.133 e. The highest BCUT2D eigenvalue weighted by Gasteiger charge is 2.19. The molecule has 0 aliphatic carbocycles. The Morgan fingerprint density at radius 3 is 2.65 bits per heavy atom. The molecular formula is C14H19BrN4O. The second-order valence-electron chi connectivity index (χ2n) is 4.79. The number of benzene rings is 1. The van der Waals surface area contributed by atoms with Gasteiger partial charge in [-0.1, -0.05) is 6.07 Å². The number of aromatic nitrogens is 2. The van der Waals surface area contributed by atoms with E-state index in [0.717, 1.165) is 21.5 Å². The fourth-order valence-electron chi connectivity index (χ4n) is 2.20. The minimum absolute atomic E-state index is 0.123. The Balaban J connectivity index is 2.42. The third-order valence-electron chi connectivity index (χ3n) is 3.16. The summed E-state index contributed by atoms with van der Waals surface area (Å²) in [6.45, 7) is 4.18. The summed E-state index contributed by atoms with van der Waals surface area (Å²) in [6.07, 6.45) is 1.79. The van der Waals surface area contributed by atoms with E-state index in [0.29, 0.717) is 0 Å². The van der Waals surface area contributed by atoms with Crippen LogP contribution in [0.2, 0.25) is 0 Å². The van der Waals surface area contributed by atoms with Gasteiger partial charge in [0.2, 0.25) is 0 Å². The molecule has 1 aromatic carbocycles. The van der Waals surface area contributed by atoms with Crippen molar-refractivity contribution in [2.24, 2.45) is 5.84 Å². The second-order valence-corrected chi connectivity index (χ2v) is 5.64. The molecule has 0 spiro atoms. The van der Waals surface area contributed by atoms with Crippen LogP contribution in [0, 0.1) is 0 Å². The van der Waals surface area contributed by atoms with E-state index in [2.05, 4.69) is 40.3 Å². The summed E-state index contributed by atoms with van der Waals surface area (Å²) in [5, 5.41) is 4.35. The molecule has 2 aromatic rings. The number of nitrogens with two attached hydrogens (primary N) is 1. The topological polar surface area (TPSA) is 65.1 Å². The van der Waals surface area contributed by atoms with Crippen molar-refractivity contribution in [1.29, 1.82) is 0 Å². The lowest BCUT2D eigenvalue weighted by Gasteiger charge is -2.20. The van der Waals surface area contributed by atoms with Crippen molar-refractivity contribution >= 4 is 15.9 Å². The molecule has 5 nitrogen and oxygen atoms in total. The SMILES string of the molecule is COc1ccc(C(NN)c2ccnn2C(C)C)cc1Br. The van der Waals surface area contributed by atoms with Gasteiger partial charge < -0.3 is 4.74 Å². The van der Waals surface area contributed by atoms with Gasteiger partial charge in [0, 0.05) is 12.2 Å². The van der Waals surface area contributed by atoms with Crippen molar-refractivity contribution in [3.8, 4) is 5.75 Å². The van der Waals surface area contributed by atoms with Crippen LogP contribution in [0.25, 0.3) is 0 Å². The average molecular weight is 339 g/mol. The van der Waals surface area contributed by atoms with E-state index in [1.54, 1.807) is 13.3 Å². The van der Waals surface area contributed by atoms with Crippen molar-refractivity contribution < 1.29 is 4.74 Å². The van der Waals surface area contributed by atoms with Gasteiger partial charge in [-0.15, -0.1) is 0 Å². The van der Waals surface area contributed by atoms with Crippen LogP contribution in [-0.2, 0) is 0 Å². The molecular weight excluding hydrogens is 320 g/mol. The highest BCUT2D eigenvalue weighted by molar-refractivity contribution is 9.10. The van der Waals surface area contributed by atoms with E-state index < -0.39 is 0 Å². The van der Waals surface area contributed by atoms with Crippen LogP contribution >= 0.6 is 15.9 Å². The molecule has 2 rings (SSSR count). The number of nitrogens with one attached hydrogen (secondary N) is 1. The molecule has 0 saturated carbocycles. The van der Waals surface area contributed by atoms with Crippen LogP contribution in [0.3, 0.4) is 0 Å². The predicted octanol–water partition coefficient (Wildman–Crippen LogP) is 2.79. The summed E-state index contributed by atoms with van der Waals surface area (Å²) in [5.41, 5.74) is 4.93. The summed E-state index contributed by atoms with van der Waals surface area (Å²) in [6, 6.07) is 8.04. The summed E-state index contributed by atoms with van der Waals surface area (Å²) in [5.74, 6) is 6.54. The number of ether oxygens (including phenoxy) is 1. The third kappa shape index (κ3) is 2.87. The molecule has 1 heterocycles. The van der Waals surface area contributed by atoms with Crippen LogP contribution < -0.4 is 16.0 Å². The normalized spacial score (nSPS) is 12.7. The van der Waals surface area contributed by atoms with Crippen molar-refractivity contribution in [3.05, 3.63) is 46.2 Å². The minimum Gasteiger partial charge on any atom is -0.496 e. The summed E-state index contributed by atoms with van der Waals surface area (Å²) >= 11 is 3.50. The fraction of sp³-hybridized carbons (Fsp3) is 0.357. The van der Waals surface area contributed by atoms with Gasteiger partial charge in [-0.05, 0) is 53.5 Å². The Morgan fingerprint density at radius 2 is 2.10 bits per heavy atom. The van der Waals surface area contributed by atoms with Crippen LogP contribution in [0.4, 0.5) is 0 Å². The molecule has 3 N–H and O–H groups in total. The maximum absolute atomic E-state index is 5.75. The smallest absolute Gasteiger partial charge is 0.133 e. The Kier molecular flexibility index (Phi) is 4.80. The molecule has 20 heavy (non-hydrogen) atoms. The van der Waals surface area contributed by atoms with Gasteiger partial charge in [-0.2, -0.15) is 5.10 Å². The first-order valence-electron chi connectivity index (χ1n) is 6.41. The van der Waals surface area contributed by atoms with Crippen molar-refractivity contribution in [1.82, 2.24) is 15.2 Å². The maximum atomic E-state index is 5.75. The summed E-state index contributed by atoms with van der Waals surface area (Å²) in [7, 11) is 1.65. The lowest BCUT2D eigenvalue weighted by Crippen LogP contribution is -2.31. The van der Waals surface area contributed by atoms with E-state index in [1.807, 2.05) is 28.9 Å². The standard InChI is InChI=1S/C14H19BrN4O/c1-9(2)19-12(6-7-17-19)14(18-16)10-4-5-13(20-3)11(15)8-10/h4-9,14,18H,16H2,1-3H3. The largest absolute Gasteiger partial charge is 0.496 e. The fourth-order valence-corrected chi connectivity index (χ4v) is 2.76. The lowest BCUT2D eigenvalue weighted by atomic mass is 10.0. The first-order chi connectivity index (χ1) is 9.58. The van der Waals surface area contributed by atoms with Gasteiger partial charge in [0.1, 0.15) is 5.75 Å². The molecule has 0 aliphatic rings. The molecule has 1 atom stereocenters. The molecule has 1 unspecified atom stereocenters. The van der Waals surface area contributed by atoms with Crippen molar-refractivity contribution in [2.75, 3.05) is 7.11 Å². The number of halogens is 1. The van der Waals surface area contributed by atoms with Crippen molar-refractivity contribution in [3.63, 3.8) is 0 Å². The molecule has 108 valence electrons. The molecule has 0 fully saturated rings.